The highest BCUT2D eigenvalue weighted by atomic mass is 35.5. The highest BCUT2D eigenvalue weighted by Gasteiger charge is 2.27. The van der Waals surface area contributed by atoms with E-state index in [-0.39, 0.29) is 5.91 Å². The number of hydrogen-bond donors (Lipinski definition) is 1. The standard InChI is InChI=1S/C13H16ClNO2/c14-12(10-5-2-1-3-6-10)13(17)15-8-4-7-11(16)9-15/h1-3,5-6,11-12,16H,4,7-9H2/t11-,12?/m0/s1. The van der Waals surface area contributed by atoms with Crippen LogP contribution in [0.5, 0.6) is 0 Å². The monoisotopic (exact) mass is 253 g/mol. The molecule has 1 aliphatic heterocycles. The molecule has 0 aliphatic carbocycles. The summed E-state index contributed by atoms with van der Waals surface area (Å²) in [5.74, 6) is -0.114. The number of alkyl halides is 1. The summed E-state index contributed by atoms with van der Waals surface area (Å²) in [4.78, 5) is 13.8. The Balaban J connectivity index is 2.04. The number of aliphatic hydroxyl groups is 1. The van der Waals surface area contributed by atoms with Crippen LogP contribution in [0.1, 0.15) is 23.8 Å². The van der Waals surface area contributed by atoms with E-state index < -0.39 is 11.5 Å². The van der Waals surface area contributed by atoms with Gasteiger partial charge in [0.1, 0.15) is 5.38 Å². The minimum atomic E-state index is -0.651. The maximum atomic E-state index is 12.1. The topological polar surface area (TPSA) is 40.5 Å². The van der Waals surface area contributed by atoms with Crippen LogP contribution >= 0.6 is 11.6 Å². The lowest BCUT2D eigenvalue weighted by Gasteiger charge is -2.31. The lowest BCUT2D eigenvalue weighted by atomic mass is 10.1. The smallest absolute Gasteiger partial charge is 0.245 e. The summed E-state index contributed by atoms with van der Waals surface area (Å²) in [6, 6.07) is 9.31. The lowest BCUT2D eigenvalue weighted by molar-refractivity contribution is -0.133. The van der Waals surface area contributed by atoms with E-state index in [9.17, 15) is 9.90 Å². The summed E-state index contributed by atoms with van der Waals surface area (Å²) >= 11 is 6.16. The molecule has 1 aromatic rings. The second-order valence-corrected chi connectivity index (χ2v) is 4.79. The van der Waals surface area contributed by atoms with Crippen LogP contribution in [0.3, 0.4) is 0 Å². The SMILES string of the molecule is O=C(C(Cl)c1ccccc1)N1CCC[C@H](O)C1. The number of benzene rings is 1. The molecule has 1 saturated heterocycles. The molecular formula is C13H16ClNO2. The number of likely N-dealkylation sites (tertiary alicyclic amines) is 1. The summed E-state index contributed by atoms with van der Waals surface area (Å²) in [5, 5.41) is 8.89. The van der Waals surface area contributed by atoms with Crippen molar-refractivity contribution in [3.8, 4) is 0 Å². The van der Waals surface area contributed by atoms with E-state index >= 15 is 0 Å². The van der Waals surface area contributed by atoms with Crippen molar-refractivity contribution >= 4 is 17.5 Å². The van der Waals surface area contributed by atoms with Gasteiger partial charge in [0, 0.05) is 13.1 Å². The van der Waals surface area contributed by atoms with Gasteiger partial charge in [0.05, 0.1) is 6.10 Å². The minimum Gasteiger partial charge on any atom is -0.391 e. The molecule has 2 rings (SSSR count). The molecule has 4 heteroatoms. The molecule has 0 spiro atoms. The van der Waals surface area contributed by atoms with Crippen LogP contribution in [0, 0.1) is 0 Å². The van der Waals surface area contributed by atoms with Crippen LogP contribution in [0.25, 0.3) is 0 Å². The molecule has 0 radical (unpaired) electrons. The maximum absolute atomic E-state index is 12.1. The fourth-order valence-electron chi connectivity index (χ4n) is 2.08. The zero-order valence-corrected chi connectivity index (χ0v) is 10.3. The summed E-state index contributed by atoms with van der Waals surface area (Å²) in [6.45, 7) is 1.08. The first kappa shape index (κ1) is 12.4. The summed E-state index contributed by atoms with van der Waals surface area (Å²) in [6.07, 6.45) is 1.19. The molecule has 3 nitrogen and oxygen atoms in total. The quantitative estimate of drug-likeness (QED) is 0.819. The van der Waals surface area contributed by atoms with E-state index in [1.54, 1.807) is 4.90 Å². The first-order valence-corrected chi connectivity index (χ1v) is 6.28. The molecule has 2 atom stereocenters. The van der Waals surface area contributed by atoms with E-state index in [4.69, 9.17) is 11.6 Å². The molecule has 0 aromatic heterocycles. The largest absolute Gasteiger partial charge is 0.391 e. The summed E-state index contributed by atoms with van der Waals surface area (Å²) in [7, 11) is 0. The highest BCUT2D eigenvalue weighted by Crippen LogP contribution is 2.24. The Hall–Kier alpha value is -1.06. The molecule has 0 bridgehead atoms. The van der Waals surface area contributed by atoms with Gasteiger partial charge in [-0.05, 0) is 18.4 Å². The molecule has 17 heavy (non-hydrogen) atoms. The molecule has 1 unspecified atom stereocenters. The van der Waals surface area contributed by atoms with Crippen molar-refractivity contribution in [3.05, 3.63) is 35.9 Å². The first-order valence-electron chi connectivity index (χ1n) is 5.84. The second-order valence-electron chi connectivity index (χ2n) is 4.35. The molecule has 1 aromatic carbocycles. The first-order chi connectivity index (χ1) is 8.18. The lowest BCUT2D eigenvalue weighted by Crippen LogP contribution is -2.43. The average molecular weight is 254 g/mol. The predicted molar refractivity (Wildman–Crippen MR) is 66.9 cm³/mol. The Bertz CT molecular complexity index is 382. The zero-order chi connectivity index (χ0) is 12.3. The Morgan fingerprint density at radius 2 is 2.12 bits per heavy atom. The Morgan fingerprint density at radius 1 is 1.41 bits per heavy atom. The van der Waals surface area contributed by atoms with Gasteiger partial charge in [-0.2, -0.15) is 0 Å². The number of aliphatic hydroxyl groups excluding tert-OH is 1. The van der Waals surface area contributed by atoms with Crippen LogP contribution < -0.4 is 0 Å². The number of nitrogens with zero attached hydrogens (tertiary/aromatic N) is 1. The van der Waals surface area contributed by atoms with E-state index in [0.717, 1.165) is 18.4 Å². The number of carbonyl (C=O) groups is 1. The van der Waals surface area contributed by atoms with E-state index in [1.807, 2.05) is 30.3 Å². The van der Waals surface area contributed by atoms with Crippen molar-refractivity contribution in [2.24, 2.45) is 0 Å². The van der Waals surface area contributed by atoms with Gasteiger partial charge in [-0.15, -0.1) is 11.6 Å². The van der Waals surface area contributed by atoms with Crippen molar-refractivity contribution < 1.29 is 9.90 Å². The van der Waals surface area contributed by atoms with Crippen molar-refractivity contribution in [1.29, 1.82) is 0 Å². The number of β-amino-alcohol motifs (C(OH)–C–C–N with tert-alkyl or cyclic N) is 1. The molecule has 1 N–H and O–H groups in total. The number of amides is 1. The zero-order valence-electron chi connectivity index (χ0n) is 9.55. The number of hydrogen-bond acceptors (Lipinski definition) is 2. The van der Waals surface area contributed by atoms with Gasteiger partial charge in [0.25, 0.3) is 0 Å². The van der Waals surface area contributed by atoms with Crippen molar-refractivity contribution in [2.75, 3.05) is 13.1 Å². The van der Waals surface area contributed by atoms with Gasteiger partial charge < -0.3 is 10.0 Å². The number of piperidine rings is 1. The van der Waals surface area contributed by atoms with Gasteiger partial charge in [0.15, 0.2) is 0 Å². The molecule has 1 amide bonds. The maximum Gasteiger partial charge on any atom is 0.245 e. The average Bonchev–Trinajstić information content (AvgIpc) is 2.38. The third-order valence-corrected chi connectivity index (χ3v) is 3.46. The Morgan fingerprint density at radius 3 is 2.76 bits per heavy atom. The molecular weight excluding hydrogens is 238 g/mol. The van der Waals surface area contributed by atoms with Gasteiger partial charge in [-0.1, -0.05) is 30.3 Å². The Labute approximate surface area is 106 Å². The van der Waals surface area contributed by atoms with Crippen LogP contribution in [0.15, 0.2) is 30.3 Å². The van der Waals surface area contributed by atoms with E-state index in [0.29, 0.717) is 13.1 Å². The Kier molecular flexibility index (Phi) is 4.02. The summed E-state index contributed by atoms with van der Waals surface area (Å²) in [5.41, 5.74) is 0.805. The predicted octanol–water partition coefficient (Wildman–Crippen LogP) is 1.95. The van der Waals surface area contributed by atoms with E-state index in [2.05, 4.69) is 0 Å². The second kappa shape index (κ2) is 5.52. The van der Waals surface area contributed by atoms with Gasteiger partial charge in [0.2, 0.25) is 5.91 Å². The molecule has 1 aliphatic rings. The van der Waals surface area contributed by atoms with Gasteiger partial charge in [-0.25, -0.2) is 0 Å². The molecule has 92 valence electrons. The van der Waals surface area contributed by atoms with Crippen molar-refractivity contribution in [1.82, 2.24) is 4.90 Å². The van der Waals surface area contributed by atoms with Crippen LogP contribution in [0.2, 0.25) is 0 Å². The van der Waals surface area contributed by atoms with Gasteiger partial charge >= 0.3 is 0 Å². The van der Waals surface area contributed by atoms with Gasteiger partial charge in [-0.3, -0.25) is 4.79 Å². The molecule has 0 saturated carbocycles. The fourth-order valence-corrected chi connectivity index (χ4v) is 2.36. The summed E-state index contributed by atoms with van der Waals surface area (Å²) < 4.78 is 0. The third-order valence-electron chi connectivity index (χ3n) is 3.02. The normalized spacial score (nSPS) is 22.2. The number of rotatable bonds is 2. The minimum absolute atomic E-state index is 0.114. The fraction of sp³-hybridized carbons (Fsp3) is 0.462. The van der Waals surface area contributed by atoms with Crippen molar-refractivity contribution in [2.45, 2.75) is 24.3 Å². The van der Waals surface area contributed by atoms with Crippen LogP contribution in [-0.4, -0.2) is 35.1 Å². The van der Waals surface area contributed by atoms with Crippen LogP contribution in [0.4, 0.5) is 0 Å². The molecule has 1 fully saturated rings. The van der Waals surface area contributed by atoms with Crippen LogP contribution in [-0.2, 0) is 4.79 Å². The van der Waals surface area contributed by atoms with E-state index in [1.165, 1.54) is 0 Å². The number of halogens is 1. The highest BCUT2D eigenvalue weighted by molar-refractivity contribution is 6.30. The third kappa shape index (κ3) is 2.99. The van der Waals surface area contributed by atoms with Crippen molar-refractivity contribution in [3.63, 3.8) is 0 Å². The number of carbonyl (C=O) groups excluding carboxylic acids is 1. The molecule has 1 heterocycles.